The van der Waals surface area contributed by atoms with Crippen LogP contribution >= 0.6 is 0 Å². The molecule has 0 unspecified atom stereocenters. The quantitative estimate of drug-likeness (QED) is 0.786. The zero-order valence-electron chi connectivity index (χ0n) is 13.3. The van der Waals surface area contributed by atoms with Gasteiger partial charge in [-0.05, 0) is 42.9 Å². The van der Waals surface area contributed by atoms with Gasteiger partial charge in [0.05, 0.1) is 6.61 Å². The van der Waals surface area contributed by atoms with Gasteiger partial charge in [0.25, 0.3) is 0 Å². The molecule has 0 aliphatic heterocycles. The minimum atomic E-state index is -4.83. The third-order valence-corrected chi connectivity index (χ3v) is 4.06. The highest BCUT2D eigenvalue weighted by Gasteiger charge is 2.32. The Morgan fingerprint density at radius 1 is 1.17 bits per heavy atom. The first-order chi connectivity index (χ1) is 11.3. The fourth-order valence-electron chi connectivity index (χ4n) is 2.84. The van der Waals surface area contributed by atoms with Crippen LogP contribution in [0.3, 0.4) is 0 Å². The Kier molecular flexibility index (Phi) is 6.34. The topological polar surface area (TPSA) is 55.8 Å². The largest absolute Gasteiger partial charge is 0.573 e. The number of halogens is 3. The minimum absolute atomic E-state index is 0.0389. The lowest BCUT2D eigenvalue weighted by Gasteiger charge is -2.22. The molecule has 0 saturated heterocycles. The molecule has 0 bridgehead atoms. The summed E-state index contributed by atoms with van der Waals surface area (Å²) in [6.45, 7) is 0.364. The second kappa shape index (κ2) is 8.26. The number of hydrogen-bond acceptors (Lipinski definition) is 3. The van der Waals surface area contributed by atoms with Crippen molar-refractivity contribution >= 4 is 5.97 Å². The fraction of sp³-hybridized carbons (Fsp3) is 0.588. The molecule has 2 rings (SSSR count). The van der Waals surface area contributed by atoms with Crippen molar-refractivity contribution in [1.29, 1.82) is 0 Å². The van der Waals surface area contributed by atoms with Crippen LogP contribution in [-0.4, -0.2) is 24.0 Å². The predicted octanol–water partition coefficient (Wildman–Crippen LogP) is 4.56. The van der Waals surface area contributed by atoms with Crippen LogP contribution in [0.25, 0.3) is 0 Å². The van der Waals surface area contributed by atoms with Crippen molar-refractivity contribution in [3.63, 3.8) is 0 Å². The number of aryl methyl sites for hydroxylation is 1. The average molecular weight is 346 g/mol. The lowest BCUT2D eigenvalue weighted by molar-refractivity contribution is -0.275. The van der Waals surface area contributed by atoms with Gasteiger partial charge in [-0.1, -0.05) is 25.3 Å². The fourth-order valence-corrected chi connectivity index (χ4v) is 2.84. The van der Waals surface area contributed by atoms with Gasteiger partial charge in [0.2, 0.25) is 0 Å². The molecule has 7 heteroatoms. The van der Waals surface area contributed by atoms with E-state index >= 15 is 0 Å². The summed E-state index contributed by atoms with van der Waals surface area (Å²) >= 11 is 0. The van der Waals surface area contributed by atoms with Crippen molar-refractivity contribution in [2.45, 2.75) is 51.3 Å². The van der Waals surface area contributed by atoms with Crippen molar-refractivity contribution in [3.05, 3.63) is 23.8 Å². The molecular formula is C17H21F3O4. The van der Waals surface area contributed by atoms with Gasteiger partial charge in [-0.3, -0.25) is 4.79 Å². The third kappa shape index (κ3) is 6.29. The number of carbonyl (C=O) groups is 1. The van der Waals surface area contributed by atoms with E-state index in [0.717, 1.165) is 25.7 Å². The maximum absolute atomic E-state index is 12.6. The Morgan fingerprint density at radius 2 is 1.88 bits per heavy atom. The number of ether oxygens (including phenoxy) is 2. The second-order valence-corrected chi connectivity index (χ2v) is 6.04. The highest BCUT2D eigenvalue weighted by atomic mass is 19.4. The number of alkyl halides is 3. The summed E-state index contributed by atoms with van der Waals surface area (Å²) in [6, 6.07) is 4.19. The molecule has 1 aromatic carbocycles. The van der Waals surface area contributed by atoms with E-state index in [2.05, 4.69) is 4.74 Å². The number of hydrogen-bond donors (Lipinski definition) is 1. The first-order valence-corrected chi connectivity index (χ1v) is 8.07. The molecule has 0 heterocycles. The Balaban J connectivity index is 2.07. The summed E-state index contributed by atoms with van der Waals surface area (Å²) in [5.74, 6) is -1.03. The summed E-state index contributed by atoms with van der Waals surface area (Å²) in [7, 11) is 0. The number of carboxylic acid groups (broad SMARTS) is 1. The second-order valence-electron chi connectivity index (χ2n) is 6.04. The average Bonchev–Trinajstić information content (AvgIpc) is 2.51. The maximum Gasteiger partial charge on any atom is 0.573 e. The zero-order chi connectivity index (χ0) is 17.6. The minimum Gasteiger partial charge on any atom is -0.489 e. The van der Waals surface area contributed by atoms with Gasteiger partial charge < -0.3 is 14.6 Å². The summed E-state index contributed by atoms with van der Waals surface area (Å²) in [5, 5.41) is 8.68. The lowest BCUT2D eigenvalue weighted by Crippen LogP contribution is -2.19. The Hall–Kier alpha value is -1.92. The molecule has 0 spiro atoms. The molecule has 1 fully saturated rings. The van der Waals surface area contributed by atoms with Gasteiger partial charge in [0.15, 0.2) is 11.5 Å². The standard InChI is InChI=1S/C17H21F3O4/c18-17(19,20)24-15-10-12(7-9-16(21)22)6-8-14(15)23-11-13-4-2-1-3-5-13/h6,8,10,13H,1-5,7,9,11H2,(H,21,22). The van der Waals surface area contributed by atoms with Crippen molar-refractivity contribution in [2.24, 2.45) is 5.92 Å². The maximum atomic E-state index is 12.6. The molecule has 0 radical (unpaired) electrons. The van der Waals surface area contributed by atoms with Crippen LogP contribution in [0.1, 0.15) is 44.1 Å². The van der Waals surface area contributed by atoms with E-state index in [9.17, 15) is 18.0 Å². The van der Waals surface area contributed by atoms with Crippen LogP contribution in [0.4, 0.5) is 13.2 Å². The first-order valence-electron chi connectivity index (χ1n) is 8.07. The van der Waals surface area contributed by atoms with Gasteiger partial charge in [-0.2, -0.15) is 0 Å². The molecule has 0 atom stereocenters. The van der Waals surface area contributed by atoms with E-state index in [1.54, 1.807) is 6.07 Å². The van der Waals surface area contributed by atoms with E-state index < -0.39 is 18.1 Å². The van der Waals surface area contributed by atoms with Gasteiger partial charge >= 0.3 is 12.3 Å². The molecule has 1 saturated carbocycles. The van der Waals surface area contributed by atoms with Crippen molar-refractivity contribution < 1.29 is 32.5 Å². The molecule has 1 aliphatic carbocycles. The molecule has 24 heavy (non-hydrogen) atoms. The van der Waals surface area contributed by atoms with Crippen LogP contribution in [0.15, 0.2) is 18.2 Å². The Morgan fingerprint density at radius 3 is 2.50 bits per heavy atom. The molecule has 1 aliphatic rings. The molecule has 1 aromatic rings. The van der Waals surface area contributed by atoms with E-state index in [-0.39, 0.29) is 18.6 Å². The lowest BCUT2D eigenvalue weighted by atomic mass is 9.90. The van der Waals surface area contributed by atoms with Gasteiger partial charge in [0.1, 0.15) is 0 Å². The Bertz CT molecular complexity index is 551. The van der Waals surface area contributed by atoms with Gasteiger partial charge in [-0.15, -0.1) is 13.2 Å². The van der Waals surface area contributed by atoms with Gasteiger partial charge in [0, 0.05) is 6.42 Å². The van der Waals surface area contributed by atoms with E-state index in [0.29, 0.717) is 18.1 Å². The van der Waals surface area contributed by atoms with Crippen LogP contribution in [0.5, 0.6) is 11.5 Å². The first kappa shape index (κ1) is 18.4. The molecule has 4 nitrogen and oxygen atoms in total. The van der Waals surface area contributed by atoms with E-state index in [1.807, 2.05) is 0 Å². The molecule has 1 N–H and O–H groups in total. The summed E-state index contributed by atoms with van der Waals surface area (Å²) < 4.78 is 47.4. The highest BCUT2D eigenvalue weighted by molar-refractivity contribution is 5.67. The molecular weight excluding hydrogens is 325 g/mol. The number of aliphatic carboxylic acids is 1. The predicted molar refractivity (Wildman–Crippen MR) is 81.2 cm³/mol. The van der Waals surface area contributed by atoms with Crippen LogP contribution in [-0.2, 0) is 11.2 Å². The molecule has 0 aromatic heterocycles. The van der Waals surface area contributed by atoms with Gasteiger partial charge in [-0.25, -0.2) is 0 Å². The van der Waals surface area contributed by atoms with Crippen molar-refractivity contribution in [2.75, 3.05) is 6.61 Å². The number of rotatable bonds is 7. The smallest absolute Gasteiger partial charge is 0.489 e. The van der Waals surface area contributed by atoms with Crippen LogP contribution in [0.2, 0.25) is 0 Å². The zero-order valence-corrected chi connectivity index (χ0v) is 13.3. The van der Waals surface area contributed by atoms with Crippen LogP contribution in [0, 0.1) is 5.92 Å². The van der Waals surface area contributed by atoms with E-state index in [1.165, 1.54) is 18.6 Å². The normalized spacial score (nSPS) is 16.0. The van der Waals surface area contributed by atoms with Crippen molar-refractivity contribution in [1.82, 2.24) is 0 Å². The Labute approximate surface area is 138 Å². The van der Waals surface area contributed by atoms with Crippen molar-refractivity contribution in [3.8, 4) is 11.5 Å². The molecule has 0 amide bonds. The summed E-state index contributed by atoms with van der Waals surface area (Å²) in [5.41, 5.74) is 0.460. The highest BCUT2D eigenvalue weighted by Crippen LogP contribution is 2.34. The third-order valence-electron chi connectivity index (χ3n) is 4.06. The summed E-state index contributed by atoms with van der Waals surface area (Å²) in [6.07, 6.45) is 0.617. The number of carboxylic acids is 1. The van der Waals surface area contributed by atoms with E-state index in [4.69, 9.17) is 9.84 Å². The molecule has 134 valence electrons. The van der Waals surface area contributed by atoms with Crippen LogP contribution < -0.4 is 9.47 Å². The monoisotopic (exact) mass is 346 g/mol. The summed E-state index contributed by atoms with van der Waals surface area (Å²) in [4.78, 5) is 10.6. The number of benzene rings is 1. The SMILES string of the molecule is O=C(O)CCc1ccc(OCC2CCCCC2)c(OC(F)(F)F)c1.